The number of hydrogen-bond acceptors (Lipinski definition) is 5. The van der Waals surface area contributed by atoms with Gasteiger partial charge in [0.2, 0.25) is 11.8 Å². The molecule has 1 heterocycles. The van der Waals surface area contributed by atoms with Gasteiger partial charge in [-0.2, -0.15) is 0 Å². The van der Waals surface area contributed by atoms with E-state index in [2.05, 4.69) is 5.32 Å². The van der Waals surface area contributed by atoms with Gasteiger partial charge in [-0.1, -0.05) is 12.2 Å². The number of rotatable bonds is 5. The molecule has 0 spiro atoms. The minimum atomic E-state index is -1.03. The summed E-state index contributed by atoms with van der Waals surface area (Å²) < 4.78 is 5.44. The molecule has 0 radical (unpaired) electrons. The standard InChI is InChI=1S/C24H32N2O5/c1-13(26-21(28)18-5-3-4-6-19(18)22(26)29)23(30)31-14(2)20(27)25-24-10-15-7-16(11-24)9-17(8-15)12-24/h3-4,13-19H,5-12H2,1-2H3,(H,25,27)/t13-,14+,15?,16?,17?,18-,19-,24?/m0/s1. The highest BCUT2D eigenvalue weighted by atomic mass is 16.5. The van der Waals surface area contributed by atoms with Crippen LogP contribution in [0.15, 0.2) is 12.2 Å². The van der Waals surface area contributed by atoms with Crippen molar-refractivity contribution in [1.82, 2.24) is 10.2 Å². The van der Waals surface area contributed by atoms with Crippen molar-refractivity contribution >= 4 is 23.7 Å². The molecule has 4 atom stereocenters. The first-order chi connectivity index (χ1) is 14.8. The van der Waals surface area contributed by atoms with Crippen LogP contribution < -0.4 is 5.32 Å². The zero-order valence-corrected chi connectivity index (χ0v) is 18.3. The van der Waals surface area contributed by atoms with Gasteiger partial charge in [0.15, 0.2) is 6.10 Å². The van der Waals surface area contributed by atoms with Crippen molar-refractivity contribution in [2.24, 2.45) is 29.6 Å². The summed E-state index contributed by atoms with van der Waals surface area (Å²) in [6, 6.07) is -1.03. The van der Waals surface area contributed by atoms with Crippen LogP contribution in [-0.2, 0) is 23.9 Å². The summed E-state index contributed by atoms with van der Waals surface area (Å²) in [5.41, 5.74) is -0.151. The van der Waals surface area contributed by atoms with E-state index >= 15 is 0 Å². The molecule has 7 nitrogen and oxygen atoms in total. The van der Waals surface area contributed by atoms with E-state index in [4.69, 9.17) is 4.74 Å². The largest absolute Gasteiger partial charge is 0.451 e. The Morgan fingerprint density at radius 3 is 1.94 bits per heavy atom. The van der Waals surface area contributed by atoms with Crippen molar-refractivity contribution in [1.29, 1.82) is 0 Å². The summed E-state index contributed by atoms with van der Waals surface area (Å²) in [5, 5.41) is 3.22. The van der Waals surface area contributed by atoms with Crippen LogP contribution in [-0.4, -0.2) is 46.3 Å². The first kappa shape index (κ1) is 20.7. The second-order valence-electron chi connectivity index (χ2n) is 10.6. The van der Waals surface area contributed by atoms with Gasteiger partial charge in [0.05, 0.1) is 11.8 Å². The second kappa shape index (κ2) is 7.45. The van der Waals surface area contributed by atoms with Gasteiger partial charge in [-0.05, 0) is 83.0 Å². The lowest BCUT2D eigenvalue weighted by Gasteiger charge is -2.57. The van der Waals surface area contributed by atoms with Crippen LogP contribution in [0.2, 0.25) is 0 Å². The van der Waals surface area contributed by atoms with E-state index in [1.165, 1.54) is 26.2 Å². The molecule has 1 N–H and O–H groups in total. The van der Waals surface area contributed by atoms with Crippen molar-refractivity contribution in [2.45, 2.75) is 82.9 Å². The molecule has 4 saturated carbocycles. The molecule has 3 amide bonds. The molecule has 31 heavy (non-hydrogen) atoms. The van der Waals surface area contributed by atoms with E-state index in [1.807, 2.05) is 12.2 Å². The molecule has 1 saturated heterocycles. The first-order valence-corrected chi connectivity index (χ1v) is 11.8. The maximum Gasteiger partial charge on any atom is 0.329 e. The number of nitrogens with one attached hydrogen (secondary N) is 1. The van der Waals surface area contributed by atoms with Crippen molar-refractivity contribution in [2.75, 3.05) is 0 Å². The van der Waals surface area contributed by atoms with Crippen LogP contribution in [0.1, 0.15) is 65.2 Å². The van der Waals surface area contributed by atoms with Crippen LogP contribution in [0.4, 0.5) is 0 Å². The summed E-state index contributed by atoms with van der Waals surface area (Å²) in [7, 11) is 0. The fourth-order valence-electron chi connectivity index (χ4n) is 7.27. The predicted molar refractivity (Wildman–Crippen MR) is 111 cm³/mol. The number of esters is 1. The molecular formula is C24H32N2O5. The van der Waals surface area contributed by atoms with Gasteiger partial charge in [-0.15, -0.1) is 0 Å². The number of carbonyl (C=O) groups excluding carboxylic acids is 4. The normalized spacial score (nSPS) is 39.9. The monoisotopic (exact) mass is 428 g/mol. The maximum absolute atomic E-state index is 12.9. The Morgan fingerprint density at radius 1 is 0.968 bits per heavy atom. The molecule has 1 aliphatic heterocycles. The van der Waals surface area contributed by atoms with E-state index in [0.717, 1.165) is 24.2 Å². The maximum atomic E-state index is 12.9. The first-order valence-electron chi connectivity index (χ1n) is 11.8. The third-order valence-electron chi connectivity index (χ3n) is 8.36. The third kappa shape index (κ3) is 3.50. The average molecular weight is 429 g/mol. The lowest BCUT2D eigenvalue weighted by molar-refractivity contribution is -0.165. The molecule has 0 aromatic rings. The number of nitrogens with zero attached hydrogens (tertiary/aromatic N) is 1. The molecule has 6 aliphatic rings. The molecule has 4 bridgehead atoms. The van der Waals surface area contributed by atoms with Crippen LogP contribution in [0, 0.1) is 29.6 Å². The molecule has 6 rings (SSSR count). The van der Waals surface area contributed by atoms with Crippen LogP contribution in [0.25, 0.3) is 0 Å². The number of ether oxygens (including phenoxy) is 1. The number of allylic oxidation sites excluding steroid dienone is 2. The van der Waals surface area contributed by atoms with E-state index in [-0.39, 0.29) is 35.1 Å². The number of likely N-dealkylation sites (tertiary alicyclic amines) is 1. The zero-order chi connectivity index (χ0) is 21.9. The third-order valence-corrected chi connectivity index (χ3v) is 8.36. The summed E-state index contributed by atoms with van der Waals surface area (Å²) in [5.74, 6) is -0.266. The lowest BCUT2D eigenvalue weighted by Crippen LogP contribution is -2.61. The number of amides is 3. The Kier molecular flexibility index (Phi) is 4.98. The van der Waals surface area contributed by atoms with Gasteiger partial charge < -0.3 is 10.1 Å². The molecular weight excluding hydrogens is 396 g/mol. The van der Waals surface area contributed by atoms with E-state index in [1.54, 1.807) is 6.92 Å². The molecule has 0 aromatic carbocycles. The molecule has 168 valence electrons. The highest BCUT2D eigenvalue weighted by Crippen LogP contribution is 2.55. The smallest absolute Gasteiger partial charge is 0.329 e. The number of hydrogen-bond donors (Lipinski definition) is 1. The number of fused-ring (bicyclic) bond motifs is 1. The van der Waals surface area contributed by atoms with Crippen LogP contribution in [0.5, 0.6) is 0 Å². The topological polar surface area (TPSA) is 92.8 Å². The molecule has 0 unspecified atom stereocenters. The zero-order valence-electron chi connectivity index (χ0n) is 18.3. The Hall–Kier alpha value is -2.18. The second-order valence-corrected chi connectivity index (χ2v) is 10.6. The molecule has 7 heteroatoms. The SMILES string of the molecule is C[C@@H](OC(=O)[C@H](C)N1C(=O)[C@H]2CC=CC[C@@H]2C1=O)C(=O)NC12CC3CC(CC(C3)C1)C2. The fourth-order valence-corrected chi connectivity index (χ4v) is 7.27. The van der Waals surface area contributed by atoms with Crippen molar-refractivity contribution in [3.05, 3.63) is 12.2 Å². The Labute approximate surface area is 182 Å². The molecule has 0 aromatic heterocycles. The van der Waals surface area contributed by atoms with Gasteiger partial charge in [0.1, 0.15) is 6.04 Å². The van der Waals surface area contributed by atoms with Gasteiger partial charge in [0.25, 0.3) is 5.91 Å². The Balaban J connectivity index is 1.20. The van der Waals surface area contributed by atoms with Gasteiger partial charge in [0, 0.05) is 5.54 Å². The lowest BCUT2D eigenvalue weighted by atomic mass is 9.53. The summed E-state index contributed by atoms with van der Waals surface area (Å²) >= 11 is 0. The molecule has 5 fully saturated rings. The van der Waals surface area contributed by atoms with E-state index < -0.39 is 18.1 Å². The minimum Gasteiger partial charge on any atom is -0.451 e. The quantitative estimate of drug-likeness (QED) is 0.412. The highest BCUT2D eigenvalue weighted by molar-refractivity contribution is 6.08. The molecule has 5 aliphatic carbocycles. The van der Waals surface area contributed by atoms with Gasteiger partial charge in [-0.25, -0.2) is 4.79 Å². The minimum absolute atomic E-state index is 0.151. The Morgan fingerprint density at radius 2 is 1.45 bits per heavy atom. The van der Waals surface area contributed by atoms with E-state index in [9.17, 15) is 19.2 Å². The van der Waals surface area contributed by atoms with Gasteiger partial charge in [-0.3, -0.25) is 19.3 Å². The van der Waals surface area contributed by atoms with Gasteiger partial charge >= 0.3 is 5.97 Å². The highest BCUT2D eigenvalue weighted by Gasteiger charge is 2.53. The van der Waals surface area contributed by atoms with E-state index in [0.29, 0.717) is 30.6 Å². The van der Waals surface area contributed by atoms with Crippen LogP contribution in [0.3, 0.4) is 0 Å². The van der Waals surface area contributed by atoms with Crippen molar-refractivity contribution < 1.29 is 23.9 Å². The number of imide groups is 1. The van der Waals surface area contributed by atoms with Crippen molar-refractivity contribution in [3.8, 4) is 0 Å². The Bertz CT molecular complexity index is 788. The average Bonchev–Trinajstić information content (AvgIpc) is 2.96. The number of carbonyl (C=O) groups is 4. The summed E-state index contributed by atoms with van der Waals surface area (Å²) in [4.78, 5) is 52.1. The fraction of sp³-hybridized carbons (Fsp3) is 0.750. The predicted octanol–water partition coefficient (Wildman–Crippen LogP) is 2.34. The van der Waals surface area contributed by atoms with Crippen LogP contribution >= 0.6 is 0 Å². The summed E-state index contributed by atoms with van der Waals surface area (Å²) in [6.45, 7) is 3.07. The van der Waals surface area contributed by atoms with Crippen molar-refractivity contribution in [3.63, 3.8) is 0 Å². The summed E-state index contributed by atoms with van der Waals surface area (Å²) in [6.07, 6.45) is 10.8.